The van der Waals surface area contributed by atoms with E-state index in [1.165, 1.54) is 12.1 Å². The van der Waals surface area contributed by atoms with Gasteiger partial charge in [-0.25, -0.2) is 4.39 Å². The van der Waals surface area contributed by atoms with E-state index < -0.39 is 0 Å². The maximum Gasteiger partial charge on any atom is 0.123 e. The molecule has 1 aliphatic heterocycles. The molecule has 2 rings (SSSR count). The molecule has 15 heavy (non-hydrogen) atoms. The van der Waals surface area contributed by atoms with Crippen molar-refractivity contribution in [3.8, 4) is 0 Å². The van der Waals surface area contributed by atoms with E-state index in [2.05, 4.69) is 24.2 Å². The van der Waals surface area contributed by atoms with Crippen molar-refractivity contribution in [2.24, 2.45) is 4.99 Å². The molecule has 0 radical (unpaired) electrons. The molecule has 0 aliphatic carbocycles. The van der Waals surface area contributed by atoms with Crippen molar-refractivity contribution in [1.82, 2.24) is 5.32 Å². The summed E-state index contributed by atoms with van der Waals surface area (Å²) in [7, 11) is 0. The molecule has 0 saturated heterocycles. The highest BCUT2D eigenvalue weighted by molar-refractivity contribution is 5.93. The van der Waals surface area contributed by atoms with E-state index in [4.69, 9.17) is 0 Å². The van der Waals surface area contributed by atoms with Crippen molar-refractivity contribution in [3.05, 3.63) is 35.6 Å². The lowest BCUT2D eigenvalue weighted by molar-refractivity contribution is 0.622. The fourth-order valence-electron chi connectivity index (χ4n) is 1.82. The fraction of sp³-hybridized carbons (Fsp3) is 0.417. The quantitative estimate of drug-likeness (QED) is 0.787. The Morgan fingerprint density at radius 3 is 2.47 bits per heavy atom. The minimum atomic E-state index is -0.198. The van der Waals surface area contributed by atoms with Crippen LogP contribution in [-0.2, 0) is 5.41 Å². The normalized spacial score (nSPS) is 16.1. The van der Waals surface area contributed by atoms with Crippen LogP contribution in [0.25, 0.3) is 0 Å². The van der Waals surface area contributed by atoms with Crippen LogP contribution in [0.15, 0.2) is 29.3 Å². The van der Waals surface area contributed by atoms with Gasteiger partial charge >= 0.3 is 0 Å². The van der Waals surface area contributed by atoms with Crippen LogP contribution in [0.3, 0.4) is 0 Å². The number of hydrogen-bond acceptors (Lipinski definition) is 2. The Morgan fingerprint density at radius 1 is 1.27 bits per heavy atom. The molecule has 1 aromatic rings. The van der Waals surface area contributed by atoms with Crippen LogP contribution in [0, 0.1) is 5.82 Å². The van der Waals surface area contributed by atoms with Crippen LogP contribution >= 0.6 is 0 Å². The van der Waals surface area contributed by atoms with Crippen molar-refractivity contribution < 1.29 is 4.39 Å². The third-order valence-corrected chi connectivity index (χ3v) is 2.83. The third-order valence-electron chi connectivity index (χ3n) is 2.83. The monoisotopic (exact) mass is 206 g/mol. The van der Waals surface area contributed by atoms with Crippen LogP contribution in [0.4, 0.5) is 4.39 Å². The molecule has 1 heterocycles. The van der Waals surface area contributed by atoms with Gasteiger partial charge in [0.05, 0.1) is 6.54 Å². The van der Waals surface area contributed by atoms with Crippen molar-refractivity contribution in [2.75, 3.05) is 13.1 Å². The molecule has 0 spiro atoms. The summed E-state index contributed by atoms with van der Waals surface area (Å²) in [6.45, 7) is 5.93. The minimum Gasteiger partial charge on any atom is -0.371 e. The number of hydrogen-bond donors (Lipinski definition) is 1. The van der Waals surface area contributed by atoms with Crippen molar-refractivity contribution in [2.45, 2.75) is 19.3 Å². The first kappa shape index (κ1) is 10.1. The first-order chi connectivity index (χ1) is 7.10. The zero-order valence-electron chi connectivity index (χ0n) is 9.05. The zero-order valence-corrected chi connectivity index (χ0v) is 9.05. The molecule has 2 nitrogen and oxygen atoms in total. The van der Waals surface area contributed by atoms with Crippen LogP contribution in [0.5, 0.6) is 0 Å². The maximum absolute atomic E-state index is 12.8. The molecule has 0 unspecified atom stereocenters. The van der Waals surface area contributed by atoms with E-state index in [9.17, 15) is 4.39 Å². The maximum atomic E-state index is 12.8. The first-order valence-electron chi connectivity index (χ1n) is 5.15. The number of nitrogens with one attached hydrogen (secondary N) is 1. The van der Waals surface area contributed by atoms with Crippen molar-refractivity contribution in [1.29, 1.82) is 0 Å². The summed E-state index contributed by atoms with van der Waals surface area (Å²) < 4.78 is 12.8. The average molecular weight is 206 g/mol. The second-order valence-corrected chi connectivity index (χ2v) is 4.29. The van der Waals surface area contributed by atoms with E-state index in [1.54, 1.807) is 0 Å². The molecule has 0 amide bonds. The predicted octanol–water partition coefficient (Wildman–Crippen LogP) is 2.10. The SMILES string of the molecule is CC(C)(C1=NCCN1)c1ccc(F)cc1. The molecular formula is C12H15FN2. The fourth-order valence-corrected chi connectivity index (χ4v) is 1.82. The van der Waals surface area contributed by atoms with Crippen LogP contribution in [0.1, 0.15) is 19.4 Å². The number of rotatable bonds is 2. The number of benzene rings is 1. The summed E-state index contributed by atoms with van der Waals surface area (Å²) >= 11 is 0. The summed E-state index contributed by atoms with van der Waals surface area (Å²) in [4.78, 5) is 4.42. The van der Waals surface area contributed by atoms with Gasteiger partial charge in [-0.1, -0.05) is 12.1 Å². The molecule has 0 aromatic heterocycles. The van der Waals surface area contributed by atoms with Gasteiger partial charge in [-0.2, -0.15) is 0 Å². The molecule has 1 N–H and O–H groups in total. The molecule has 0 saturated carbocycles. The topological polar surface area (TPSA) is 24.4 Å². The standard InChI is InChI=1S/C12H15FN2/c1-12(2,11-14-7-8-15-11)9-3-5-10(13)6-4-9/h3-6H,7-8H2,1-2H3,(H,14,15). The van der Waals surface area contributed by atoms with Gasteiger partial charge in [0.1, 0.15) is 11.7 Å². The third kappa shape index (κ3) is 1.87. The second-order valence-electron chi connectivity index (χ2n) is 4.29. The predicted molar refractivity (Wildman–Crippen MR) is 59.7 cm³/mol. The molecule has 1 aromatic carbocycles. The lowest BCUT2D eigenvalue weighted by Crippen LogP contribution is -2.37. The summed E-state index contributed by atoms with van der Waals surface area (Å²) in [5.41, 5.74) is 0.918. The van der Waals surface area contributed by atoms with Gasteiger partial charge < -0.3 is 5.32 Å². The van der Waals surface area contributed by atoms with Gasteiger partial charge in [-0.15, -0.1) is 0 Å². The van der Waals surface area contributed by atoms with E-state index in [0.29, 0.717) is 0 Å². The Morgan fingerprint density at radius 2 is 1.93 bits per heavy atom. The van der Waals surface area contributed by atoms with Gasteiger partial charge in [-0.05, 0) is 31.5 Å². The highest BCUT2D eigenvalue weighted by Gasteiger charge is 2.28. The van der Waals surface area contributed by atoms with E-state index in [1.807, 2.05) is 12.1 Å². The van der Waals surface area contributed by atoms with E-state index in [0.717, 1.165) is 24.5 Å². The lowest BCUT2D eigenvalue weighted by atomic mass is 9.83. The molecule has 0 atom stereocenters. The summed E-state index contributed by atoms with van der Waals surface area (Å²) in [6, 6.07) is 6.62. The molecule has 80 valence electrons. The van der Waals surface area contributed by atoms with Gasteiger partial charge in [0, 0.05) is 12.0 Å². The summed E-state index contributed by atoms with van der Waals surface area (Å²) in [5.74, 6) is 0.796. The van der Waals surface area contributed by atoms with Crippen LogP contribution in [0.2, 0.25) is 0 Å². The highest BCUT2D eigenvalue weighted by atomic mass is 19.1. The van der Waals surface area contributed by atoms with E-state index >= 15 is 0 Å². The molecule has 0 fully saturated rings. The Bertz CT molecular complexity index is 379. The lowest BCUT2D eigenvalue weighted by Gasteiger charge is -2.25. The molecule has 3 heteroatoms. The Balaban J connectivity index is 2.32. The zero-order chi connectivity index (χ0) is 10.9. The largest absolute Gasteiger partial charge is 0.371 e. The Kier molecular flexibility index (Phi) is 2.47. The van der Waals surface area contributed by atoms with Gasteiger partial charge in [0.25, 0.3) is 0 Å². The number of halogens is 1. The smallest absolute Gasteiger partial charge is 0.123 e. The summed E-state index contributed by atoms with van der Waals surface area (Å²) in [6.07, 6.45) is 0. The van der Waals surface area contributed by atoms with Gasteiger partial charge in [-0.3, -0.25) is 4.99 Å². The summed E-state index contributed by atoms with van der Waals surface area (Å²) in [5, 5.41) is 3.27. The van der Waals surface area contributed by atoms with Crippen molar-refractivity contribution >= 4 is 5.84 Å². The average Bonchev–Trinajstić information content (AvgIpc) is 2.71. The molecule has 0 bridgehead atoms. The number of aliphatic imine (C=N–C) groups is 1. The number of amidine groups is 1. The van der Waals surface area contributed by atoms with Gasteiger partial charge in [0.15, 0.2) is 0 Å². The Hall–Kier alpha value is -1.38. The second kappa shape index (κ2) is 3.65. The van der Waals surface area contributed by atoms with Crippen molar-refractivity contribution in [3.63, 3.8) is 0 Å². The minimum absolute atomic E-state index is 0.162. The molecular weight excluding hydrogens is 191 g/mol. The van der Waals surface area contributed by atoms with Crippen LogP contribution in [-0.4, -0.2) is 18.9 Å². The Labute approximate surface area is 89.2 Å². The number of nitrogens with zero attached hydrogens (tertiary/aromatic N) is 1. The highest BCUT2D eigenvalue weighted by Crippen LogP contribution is 2.25. The van der Waals surface area contributed by atoms with Crippen LogP contribution < -0.4 is 5.32 Å². The van der Waals surface area contributed by atoms with E-state index in [-0.39, 0.29) is 11.2 Å². The van der Waals surface area contributed by atoms with Gasteiger partial charge in [0.2, 0.25) is 0 Å². The molecule has 1 aliphatic rings. The first-order valence-corrected chi connectivity index (χ1v) is 5.15.